The van der Waals surface area contributed by atoms with Crippen molar-refractivity contribution in [2.45, 2.75) is 19.5 Å². The molecule has 0 radical (unpaired) electrons. The summed E-state index contributed by atoms with van der Waals surface area (Å²) < 4.78 is 38.1. The van der Waals surface area contributed by atoms with E-state index in [0.29, 0.717) is 16.1 Å². The van der Waals surface area contributed by atoms with Crippen molar-refractivity contribution >= 4 is 11.6 Å². The van der Waals surface area contributed by atoms with Gasteiger partial charge in [-0.2, -0.15) is 23.1 Å². The molecule has 1 heterocycles. The molecule has 0 fully saturated rings. The summed E-state index contributed by atoms with van der Waals surface area (Å²) in [6, 6.07) is 9.17. The minimum atomic E-state index is -4.43. The van der Waals surface area contributed by atoms with Crippen molar-refractivity contribution in [3.8, 4) is 28.8 Å². The average Bonchev–Trinajstić information content (AvgIpc) is 2.61. The smallest absolute Gasteiger partial charge is 0.416 e. The van der Waals surface area contributed by atoms with E-state index < -0.39 is 17.8 Å². The first-order valence-corrected chi connectivity index (χ1v) is 8.07. The van der Waals surface area contributed by atoms with Crippen LogP contribution in [0.2, 0.25) is 5.02 Å². The number of benzene rings is 2. The lowest BCUT2D eigenvalue weighted by Gasteiger charge is -2.09. The first-order valence-electron chi connectivity index (χ1n) is 7.69. The second-order valence-electron chi connectivity index (χ2n) is 5.53. The summed E-state index contributed by atoms with van der Waals surface area (Å²) in [5, 5.41) is 10.2. The van der Waals surface area contributed by atoms with E-state index in [1.165, 1.54) is 12.1 Å². The SMILES string of the molecule is CCc1ccc(Cl)c(-c2nc(O)nc(-c3ccc(C(F)(F)F)cc3)n2)c1. The van der Waals surface area contributed by atoms with Crippen LogP contribution in [0, 0.1) is 0 Å². The minimum absolute atomic E-state index is 0.0548. The lowest BCUT2D eigenvalue weighted by atomic mass is 10.1. The molecule has 3 rings (SSSR count). The van der Waals surface area contributed by atoms with E-state index in [1.807, 2.05) is 13.0 Å². The fraction of sp³-hybridized carbons (Fsp3) is 0.167. The van der Waals surface area contributed by atoms with Crippen LogP contribution in [-0.4, -0.2) is 20.1 Å². The van der Waals surface area contributed by atoms with Crippen LogP contribution in [-0.2, 0) is 12.6 Å². The van der Waals surface area contributed by atoms with Crippen LogP contribution in [0.25, 0.3) is 22.8 Å². The van der Waals surface area contributed by atoms with Crippen LogP contribution in [0.3, 0.4) is 0 Å². The standard InChI is InChI=1S/C18H13ClF3N3O/c1-2-10-3-8-14(19)13(9-10)16-23-15(24-17(26)25-16)11-4-6-12(7-5-11)18(20,21)22/h3-9H,2H2,1H3,(H,23,24,25,26). The summed E-state index contributed by atoms with van der Waals surface area (Å²) in [5.74, 6) is 0.201. The van der Waals surface area contributed by atoms with Gasteiger partial charge in [0.05, 0.1) is 10.6 Å². The summed E-state index contributed by atoms with van der Waals surface area (Å²) in [6.07, 6.45) is -3.66. The van der Waals surface area contributed by atoms with Gasteiger partial charge in [0.2, 0.25) is 0 Å². The molecular weight excluding hydrogens is 367 g/mol. The molecule has 0 aliphatic carbocycles. The Hall–Kier alpha value is -2.67. The number of rotatable bonds is 3. The Balaban J connectivity index is 2.06. The molecule has 3 aromatic rings. The zero-order chi connectivity index (χ0) is 18.9. The highest BCUT2D eigenvalue weighted by Crippen LogP contribution is 2.32. The van der Waals surface area contributed by atoms with Gasteiger partial charge in [-0.25, -0.2) is 4.98 Å². The third-order valence-corrected chi connectivity index (χ3v) is 4.10. The van der Waals surface area contributed by atoms with Gasteiger partial charge in [-0.05, 0) is 36.2 Å². The summed E-state index contributed by atoms with van der Waals surface area (Å²) in [5.41, 5.74) is 1.05. The number of halogens is 4. The quantitative estimate of drug-likeness (QED) is 0.684. The zero-order valence-corrected chi connectivity index (χ0v) is 14.3. The van der Waals surface area contributed by atoms with Gasteiger partial charge in [0.15, 0.2) is 11.6 Å². The Morgan fingerprint density at radius 3 is 2.23 bits per heavy atom. The van der Waals surface area contributed by atoms with Crippen molar-refractivity contribution in [2.24, 2.45) is 0 Å². The first kappa shape index (κ1) is 18.1. The van der Waals surface area contributed by atoms with Crippen molar-refractivity contribution in [3.63, 3.8) is 0 Å². The van der Waals surface area contributed by atoms with Gasteiger partial charge in [0.25, 0.3) is 0 Å². The molecule has 4 nitrogen and oxygen atoms in total. The summed E-state index contributed by atoms with van der Waals surface area (Å²) in [6.45, 7) is 1.98. The molecule has 0 spiro atoms. The van der Waals surface area contributed by atoms with Crippen LogP contribution in [0.15, 0.2) is 42.5 Å². The molecule has 8 heteroatoms. The van der Waals surface area contributed by atoms with E-state index in [1.54, 1.807) is 12.1 Å². The van der Waals surface area contributed by atoms with Crippen LogP contribution in [0.1, 0.15) is 18.1 Å². The molecule has 2 aromatic carbocycles. The zero-order valence-electron chi connectivity index (χ0n) is 13.5. The lowest BCUT2D eigenvalue weighted by molar-refractivity contribution is -0.137. The van der Waals surface area contributed by atoms with Gasteiger partial charge in [0, 0.05) is 11.1 Å². The van der Waals surface area contributed by atoms with Gasteiger partial charge < -0.3 is 5.11 Å². The number of alkyl halides is 3. The maximum Gasteiger partial charge on any atom is 0.416 e. The number of hydrogen-bond acceptors (Lipinski definition) is 4. The highest BCUT2D eigenvalue weighted by molar-refractivity contribution is 6.33. The predicted molar refractivity (Wildman–Crippen MR) is 91.8 cm³/mol. The number of aryl methyl sites for hydroxylation is 1. The number of aromatic nitrogens is 3. The van der Waals surface area contributed by atoms with Crippen molar-refractivity contribution in [1.82, 2.24) is 15.0 Å². The Bertz CT molecular complexity index is 943. The maximum atomic E-state index is 12.7. The summed E-state index contributed by atoms with van der Waals surface area (Å²) in [7, 11) is 0. The van der Waals surface area contributed by atoms with E-state index >= 15 is 0 Å². The highest BCUT2D eigenvalue weighted by Gasteiger charge is 2.30. The fourth-order valence-corrected chi connectivity index (χ4v) is 2.59. The van der Waals surface area contributed by atoms with Crippen molar-refractivity contribution in [3.05, 3.63) is 58.6 Å². The second kappa shape index (κ2) is 6.92. The van der Waals surface area contributed by atoms with E-state index in [4.69, 9.17) is 11.6 Å². The van der Waals surface area contributed by atoms with E-state index in [0.717, 1.165) is 24.1 Å². The first-order chi connectivity index (χ1) is 12.3. The molecule has 1 N–H and O–H groups in total. The molecule has 0 saturated heterocycles. The van der Waals surface area contributed by atoms with Gasteiger partial charge in [-0.1, -0.05) is 36.7 Å². The Kier molecular flexibility index (Phi) is 4.82. The van der Waals surface area contributed by atoms with E-state index in [-0.39, 0.29) is 11.6 Å². The van der Waals surface area contributed by atoms with E-state index in [9.17, 15) is 18.3 Å². The van der Waals surface area contributed by atoms with Crippen LogP contribution >= 0.6 is 11.6 Å². The van der Waals surface area contributed by atoms with Crippen molar-refractivity contribution in [1.29, 1.82) is 0 Å². The highest BCUT2D eigenvalue weighted by atomic mass is 35.5. The Morgan fingerprint density at radius 1 is 0.962 bits per heavy atom. The monoisotopic (exact) mass is 379 g/mol. The minimum Gasteiger partial charge on any atom is -0.479 e. The average molecular weight is 380 g/mol. The molecule has 0 amide bonds. The molecule has 0 atom stereocenters. The number of nitrogens with zero attached hydrogens (tertiary/aromatic N) is 3. The Morgan fingerprint density at radius 2 is 1.62 bits per heavy atom. The Labute approximate surface area is 152 Å². The topological polar surface area (TPSA) is 58.9 Å². The molecule has 0 bridgehead atoms. The summed E-state index contributed by atoms with van der Waals surface area (Å²) in [4.78, 5) is 11.9. The number of hydrogen-bond donors (Lipinski definition) is 1. The second-order valence-corrected chi connectivity index (χ2v) is 5.93. The largest absolute Gasteiger partial charge is 0.479 e. The van der Waals surface area contributed by atoms with Gasteiger partial charge in [-0.15, -0.1) is 0 Å². The molecule has 0 aliphatic rings. The van der Waals surface area contributed by atoms with Crippen LogP contribution < -0.4 is 0 Å². The van der Waals surface area contributed by atoms with Crippen molar-refractivity contribution < 1.29 is 18.3 Å². The third-order valence-electron chi connectivity index (χ3n) is 3.77. The summed E-state index contributed by atoms with van der Waals surface area (Å²) >= 11 is 6.20. The molecule has 0 unspecified atom stereocenters. The van der Waals surface area contributed by atoms with Crippen LogP contribution in [0.4, 0.5) is 13.2 Å². The fourth-order valence-electron chi connectivity index (χ4n) is 2.39. The number of aromatic hydroxyl groups is 1. The molecule has 26 heavy (non-hydrogen) atoms. The van der Waals surface area contributed by atoms with Gasteiger partial charge in [-0.3, -0.25) is 0 Å². The lowest BCUT2D eigenvalue weighted by Crippen LogP contribution is -2.04. The molecule has 134 valence electrons. The van der Waals surface area contributed by atoms with Crippen molar-refractivity contribution in [2.75, 3.05) is 0 Å². The van der Waals surface area contributed by atoms with Gasteiger partial charge in [0.1, 0.15) is 0 Å². The normalized spacial score (nSPS) is 11.6. The predicted octanol–water partition coefficient (Wildman–Crippen LogP) is 5.15. The van der Waals surface area contributed by atoms with Gasteiger partial charge >= 0.3 is 12.2 Å². The molecule has 1 aromatic heterocycles. The molecule has 0 aliphatic heterocycles. The molecule has 0 saturated carbocycles. The van der Waals surface area contributed by atoms with Crippen LogP contribution in [0.5, 0.6) is 6.01 Å². The maximum absolute atomic E-state index is 12.7. The molecular formula is C18H13ClF3N3O. The third kappa shape index (κ3) is 3.77. The van der Waals surface area contributed by atoms with E-state index in [2.05, 4.69) is 15.0 Å².